The molecule has 4 aromatic rings. The largest absolute Gasteiger partial charge is 0.306 e. The molecule has 0 amide bonds. The van der Waals surface area contributed by atoms with Gasteiger partial charge in [0, 0.05) is 30.9 Å². The topological polar surface area (TPSA) is 76.5 Å². The summed E-state index contributed by atoms with van der Waals surface area (Å²) in [5, 5.41) is 2.27. The molecule has 0 radical (unpaired) electrons. The number of Topliss-reactive ketones (excluding diaryl/α,β-unsaturated/α-hetero) is 1. The summed E-state index contributed by atoms with van der Waals surface area (Å²) in [6.07, 6.45) is 2.93. The Balaban J connectivity index is 1.39. The number of pyridine rings is 1. The molecule has 1 saturated heterocycles. The van der Waals surface area contributed by atoms with Crippen LogP contribution in [0.3, 0.4) is 0 Å². The number of hydrogen-bond donors (Lipinski definition) is 0. The van der Waals surface area contributed by atoms with E-state index in [9.17, 15) is 18.0 Å². The molecular formula is C27H24N2O4S. The highest BCUT2D eigenvalue weighted by molar-refractivity contribution is 7.89. The Kier molecular flexibility index (Phi) is 5.89. The average Bonchev–Trinajstić information content (AvgIpc) is 3.41. The van der Waals surface area contributed by atoms with Crippen molar-refractivity contribution in [1.82, 2.24) is 8.87 Å². The van der Waals surface area contributed by atoms with Crippen LogP contribution in [0.25, 0.3) is 21.9 Å². The number of aromatic nitrogens is 1. The van der Waals surface area contributed by atoms with Gasteiger partial charge in [-0.2, -0.15) is 4.31 Å². The number of sulfonamides is 1. The summed E-state index contributed by atoms with van der Waals surface area (Å²) < 4.78 is 28.3. The molecule has 0 bridgehead atoms. The van der Waals surface area contributed by atoms with Crippen molar-refractivity contribution in [2.45, 2.75) is 24.3 Å². The van der Waals surface area contributed by atoms with Gasteiger partial charge in [0.15, 0.2) is 5.78 Å². The highest BCUT2D eigenvalue weighted by Gasteiger charge is 2.27. The number of nitrogens with zero attached hydrogens (tertiary/aromatic N) is 2. The Hall–Kier alpha value is -3.55. The van der Waals surface area contributed by atoms with Crippen LogP contribution in [0.15, 0.2) is 94.7 Å². The Labute approximate surface area is 198 Å². The fourth-order valence-electron chi connectivity index (χ4n) is 4.42. The van der Waals surface area contributed by atoms with Crippen molar-refractivity contribution >= 4 is 26.6 Å². The zero-order chi connectivity index (χ0) is 23.7. The lowest BCUT2D eigenvalue weighted by atomic mass is 9.97. The van der Waals surface area contributed by atoms with Crippen LogP contribution in [0.1, 0.15) is 23.2 Å². The molecule has 1 aliphatic rings. The van der Waals surface area contributed by atoms with E-state index in [4.69, 9.17) is 0 Å². The fraction of sp³-hybridized carbons (Fsp3) is 0.185. The van der Waals surface area contributed by atoms with E-state index in [0.717, 1.165) is 34.7 Å². The van der Waals surface area contributed by atoms with Gasteiger partial charge in [-0.1, -0.05) is 66.7 Å². The summed E-state index contributed by atoms with van der Waals surface area (Å²) in [7, 11) is -3.67. The molecule has 0 N–H and O–H groups in total. The van der Waals surface area contributed by atoms with E-state index in [1.807, 2.05) is 36.4 Å². The molecule has 1 aromatic heterocycles. The highest BCUT2D eigenvalue weighted by atomic mass is 32.2. The third kappa shape index (κ3) is 4.20. The van der Waals surface area contributed by atoms with E-state index in [2.05, 4.69) is 18.2 Å². The van der Waals surface area contributed by atoms with Gasteiger partial charge in [0.2, 0.25) is 10.0 Å². The number of fused-ring (bicyclic) bond motifs is 1. The van der Waals surface area contributed by atoms with Crippen molar-refractivity contribution in [2.24, 2.45) is 0 Å². The van der Waals surface area contributed by atoms with Crippen molar-refractivity contribution in [2.75, 3.05) is 13.1 Å². The smallest absolute Gasteiger partial charge is 0.251 e. The Morgan fingerprint density at radius 2 is 1.53 bits per heavy atom. The van der Waals surface area contributed by atoms with Gasteiger partial charge < -0.3 is 4.57 Å². The SMILES string of the molecule is O=C(Cn1cc(S(=O)(=O)N2CCCC2)ccc1=O)c1ccc(-c2cccc3ccccc23)cc1. The third-order valence-electron chi connectivity index (χ3n) is 6.28. The van der Waals surface area contributed by atoms with Crippen molar-refractivity contribution in [3.05, 3.63) is 101 Å². The molecule has 172 valence electrons. The van der Waals surface area contributed by atoms with Gasteiger partial charge in [0.05, 0.1) is 11.4 Å². The quantitative estimate of drug-likeness (QED) is 0.391. The number of carbonyl (C=O) groups is 1. The van der Waals surface area contributed by atoms with E-state index in [1.165, 1.54) is 27.2 Å². The molecule has 7 heteroatoms. The Bertz CT molecular complexity index is 1530. The van der Waals surface area contributed by atoms with Crippen LogP contribution >= 0.6 is 0 Å². The molecule has 0 saturated carbocycles. The average molecular weight is 473 g/mol. The third-order valence-corrected chi connectivity index (χ3v) is 8.16. The lowest BCUT2D eigenvalue weighted by Gasteiger charge is -2.16. The summed E-state index contributed by atoms with van der Waals surface area (Å²) in [6.45, 7) is 0.725. The van der Waals surface area contributed by atoms with Crippen LogP contribution in [0.2, 0.25) is 0 Å². The first-order chi connectivity index (χ1) is 16.4. The maximum absolute atomic E-state index is 12.9. The summed E-state index contributed by atoms with van der Waals surface area (Å²) >= 11 is 0. The van der Waals surface area contributed by atoms with Gasteiger partial charge in [-0.25, -0.2) is 8.42 Å². The molecule has 6 nitrogen and oxygen atoms in total. The fourth-order valence-corrected chi connectivity index (χ4v) is 5.96. The van der Waals surface area contributed by atoms with Crippen LogP contribution < -0.4 is 5.56 Å². The summed E-state index contributed by atoms with van der Waals surface area (Å²) in [6, 6.07) is 24.1. The van der Waals surface area contributed by atoms with Crippen molar-refractivity contribution in [1.29, 1.82) is 0 Å². The molecular weight excluding hydrogens is 448 g/mol. The van der Waals surface area contributed by atoms with Gasteiger partial charge in [-0.15, -0.1) is 0 Å². The molecule has 5 rings (SSSR count). The normalized spacial score (nSPS) is 14.5. The predicted octanol–water partition coefficient (Wildman–Crippen LogP) is 4.34. The van der Waals surface area contributed by atoms with Crippen LogP contribution in [0, 0.1) is 0 Å². The van der Waals surface area contributed by atoms with E-state index >= 15 is 0 Å². The minimum atomic E-state index is -3.67. The van der Waals surface area contributed by atoms with Crippen LogP contribution in [-0.4, -0.2) is 36.2 Å². The van der Waals surface area contributed by atoms with Crippen LogP contribution in [0.5, 0.6) is 0 Å². The minimum Gasteiger partial charge on any atom is -0.306 e. The molecule has 0 atom stereocenters. The van der Waals surface area contributed by atoms with E-state index in [-0.39, 0.29) is 17.2 Å². The first-order valence-electron chi connectivity index (χ1n) is 11.3. The number of carbonyl (C=O) groups excluding carboxylic acids is 1. The molecule has 2 heterocycles. The first kappa shape index (κ1) is 22.3. The van der Waals surface area contributed by atoms with Crippen molar-refractivity contribution in [3.63, 3.8) is 0 Å². The van der Waals surface area contributed by atoms with E-state index in [1.54, 1.807) is 12.1 Å². The molecule has 0 unspecified atom stereocenters. The second-order valence-electron chi connectivity index (χ2n) is 8.47. The van der Waals surface area contributed by atoms with Crippen molar-refractivity contribution < 1.29 is 13.2 Å². The van der Waals surface area contributed by atoms with Gasteiger partial charge in [-0.05, 0) is 40.8 Å². The van der Waals surface area contributed by atoms with Gasteiger partial charge >= 0.3 is 0 Å². The molecule has 0 aliphatic carbocycles. The summed E-state index contributed by atoms with van der Waals surface area (Å²) in [5.41, 5.74) is 2.11. The number of ketones is 1. The number of benzene rings is 3. The van der Waals surface area contributed by atoms with Crippen molar-refractivity contribution in [3.8, 4) is 11.1 Å². The number of rotatable bonds is 6. The second kappa shape index (κ2) is 9.00. The van der Waals surface area contributed by atoms with Gasteiger partial charge in [-0.3, -0.25) is 9.59 Å². The van der Waals surface area contributed by atoms with Crippen LogP contribution in [0.4, 0.5) is 0 Å². The molecule has 34 heavy (non-hydrogen) atoms. The standard InChI is InChI=1S/C27H24N2O4S/c30-26(19-28-18-23(14-15-27(28)31)34(32,33)29-16-3-4-17-29)22-12-10-21(11-13-22)25-9-5-7-20-6-1-2-8-24(20)25/h1-2,5-15,18H,3-4,16-17,19H2. The zero-order valence-corrected chi connectivity index (χ0v) is 19.4. The molecule has 3 aromatic carbocycles. The summed E-state index contributed by atoms with van der Waals surface area (Å²) in [4.78, 5) is 25.3. The van der Waals surface area contributed by atoms with Crippen LogP contribution in [-0.2, 0) is 16.6 Å². The molecule has 0 spiro atoms. The Morgan fingerprint density at radius 1 is 0.824 bits per heavy atom. The highest BCUT2D eigenvalue weighted by Crippen LogP contribution is 2.28. The number of hydrogen-bond acceptors (Lipinski definition) is 4. The second-order valence-corrected chi connectivity index (χ2v) is 10.4. The minimum absolute atomic E-state index is 0.0353. The predicted molar refractivity (Wildman–Crippen MR) is 132 cm³/mol. The maximum Gasteiger partial charge on any atom is 0.251 e. The monoisotopic (exact) mass is 472 g/mol. The van der Waals surface area contributed by atoms with Gasteiger partial charge in [0.1, 0.15) is 0 Å². The van der Waals surface area contributed by atoms with E-state index in [0.29, 0.717) is 18.7 Å². The maximum atomic E-state index is 12.9. The van der Waals surface area contributed by atoms with Gasteiger partial charge in [0.25, 0.3) is 5.56 Å². The Morgan fingerprint density at radius 3 is 2.29 bits per heavy atom. The zero-order valence-electron chi connectivity index (χ0n) is 18.6. The molecule has 1 aliphatic heterocycles. The van der Waals surface area contributed by atoms with E-state index < -0.39 is 15.6 Å². The lowest BCUT2D eigenvalue weighted by Crippen LogP contribution is -2.30. The summed E-state index contributed by atoms with van der Waals surface area (Å²) in [5.74, 6) is -0.262. The lowest BCUT2D eigenvalue weighted by molar-refractivity contribution is 0.0970. The molecule has 1 fully saturated rings. The first-order valence-corrected chi connectivity index (χ1v) is 12.7.